The van der Waals surface area contributed by atoms with E-state index in [0.29, 0.717) is 5.56 Å². The average molecular weight is 365 g/mol. The average Bonchev–Trinajstić information content (AvgIpc) is 2.73. The van der Waals surface area contributed by atoms with Crippen LogP contribution in [0.5, 0.6) is 0 Å². The number of hydrogen-bond acceptors (Lipinski definition) is 5. The molecule has 0 spiro atoms. The third-order valence-electron chi connectivity index (χ3n) is 4.95. The van der Waals surface area contributed by atoms with Crippen LogP contribution in [0, 0.1) is 5.82 Å². The van der Waals surface area contributed by atoms with Crippen LogP contribution in [0.15, 0.2) is 54.7 Å². The number of hydrogen-bond donors (Lipinski definition) is 0. The second kappa shape index (κ2) is 7.23. The Kier molecular flexibility index (Phi) is 4.62. The largest absolute Gasteiger partial charge is 0.465 e. The van der Waals surface area contributed by atoms with Crippen LogP contribution in [0.4, 0.5) is 15.9 Å². The summed E-state index contributed by atoms with van der Waals surface area (Å²) in [5.41, 5.74) is 1.50. The maximum Gasteiger partial charge on any atom is 0.340 e. The van der Waals surface area contributed by atoms with Gasteiger partial charge in [-0.2, -0.15) is 0 Å². The van der Waals surface area contributed by atoms with Gasteiger partial charge in [-0.25, -0.2) is 14.2 Å². The lowest BCUT2D eigenvalue weighted by Crippen LogP contribution is -2.46. The van der Waals surface area contributed by atoms with Crippen LogP contribution < -0.4 is 9.80 Å². The lowest BCUT2D eigenvalue weighted by atomic mass is 10.1. The maximum absolute atomic E-state index is 13.1. The number of esters is 1. The van der Waals surface area contributed by atoms with Crippen LogP contribution in [0.25, 0.3) is 10.8 Å². The molecular formula is C21H20FN3O2. The Morgan fingerprint density at radius 2 is 1.59 bits per heavy atom. The molecule has 2 heterocycles. The van der Waals surface area contributed by atoms with Gasteiger partial charge in [0.2, 0.25) is 0 Å². The summed E-state index contributed by atoms with van der Waals surface area (Å²) in [6.45, 7) is 3.23. The molecular weight excluding hydrogens is 345 g/mol. The fourth-order valence-corrected chi connectivity index (χ4v) is 3.53. The van der Waals surface area contributed by atoms with Gasteiger partial charge in [0.1, 0.15) is 11.6 Å². The van der Waals surface area contributed by atoms with Crippen LogP contribution in [0.2, 0.25) is 0 Å². The molecule has 1 aliphatic rings. The maximum atomic E-state index is 13.1. The third-order valence-corrected chi connectivity index (χ3v) is 4.95. The Hall–Kier alpha value is -3.15. The number of anilines is 2. The highest BCUT2D eigenvalue weighted by molar-refractivity contribution is 6.07. The lowest BCUT2D eigenvalue weighted by Gasteiger charge is -2.37. The first-order valence-corrected chi connectivity index (χ1v) is 8.89. The fraction of sp³-hybridized carbons (Fsp3) is 0.238. The van der Waals surface area contributed by atoms with Crippen molar-refractivity contribution >= 4 is 28.2 Å². The number of rotatable bonds is 3. The number of ether oxygens (including phenoxy) is 1. The molecule has 4 rings (SSSR count). The molecule has 6 heteroatoms. The summed E-state index contributed by atoms with van der Waals surface area (Å²) in [6.07, 6.45) is 1.59. The topological polar surface area (TPSA) is 45.7 Å². The van der Waals surface area contributed by atoms with Crippen molar-refractivity contribution in [2.75, 3.05) is 43.1 Å². The number of methoxy groups -OCH3 is 1. The summed E-state index contributed by atoms with van der Waals surface area (Å²) in [6, 6.07) is 14.4. The predicted octanol–water partition coefficient (Wildman–Crippen LogP) is 3.49. The van der Waals surface area contributed by atoms with Crippen molar-refractivity contribution in [2.24, 2.45) is 0 Å². The molecule has 3 aromatic rings. The molecule has 27 heavy (non-hydrogen) atoms. The molecule has 1 aromatic heterocycles. The van der Waals surface area contributed by atoms with Crippen molar-refractivity contribution < 1.29 is 13.9 Å². The van der Waals surface area contributed by atoms with E-state index in [1.165, 1.54) is 19.2 Å². The molecule has 2 aromatic carbocycles. The summed E-state index contributed by atoms with van der Waals surface area (Å²) in [5.74, 6) is 0.266. The minimum Gasteiger partial charge on any atom is -0.465 e. The molecule has 0 aliphatic carbocycles. The summed E-state index contributed by atoms with van der Waals surface area (Å²) in [5, 5.41) is 1.78. The van der Waals surface area contributed by atoms with E-state index in [9.17, 15) is 9.18 Å². The summed E-state index contributed by atoms with van der Waals surface area (Å²) in [7, 11) is 1.37. The molecule has 1 aliphatic heterocycles. The minimum atomic E-state index is -0.383. The first kappa shape index (κ1) is 17.3. The van der Waals surface area contributed by atoms with Gasteiger partial charge in [-0.15, -0.1) is 0 Å². The van der Waals surface area contributed by atoms with Crippen molar-refractivity contribution in [1.82, 2.24) is 4.98 Å². The fourth-order valence-electron chi connectivity index (χ4n) is 3.53. The molecule has 0 amide bonds. The second-order valence-electron chi connectivity index (χ2n) is 6.48. The number of piperazine rings is 1. The van der Waals surface area contributed by atoms with Gasteiger partial charge in [-0.05, 0) is 24.3 Å². The van der Waals surface area contributed by atoms with Crippen LogP contribution in [-0.4, -0.2) is 44.2 Å². The van der Waals surface area contributed by atoms with Gasteiger partial charge < -0.3 is 14.5 Å². The van der Waals surface area contributed by atoms with Crippen LogP contribution in [-0.2, 0) is 4.74 Å². The van der Waals surface area contributed by atoms with Crippen molar-refractivity contribution in [3.05, 3.63) is 66.1 Å². The molecule has 5 nitrogen and oxygen atoms in total. The molecule has 1 saturated heterocycles. The molecule has 1 fully saturated rings. The number of pyridine rings is 1. The zero-order valence-corrected chi connectivity index (χ0v) is 15.1. The van der Waals surface area contributed by atoms with Crippen molar-refractivity contribution in [3.63, 3.8) is 0 Å². The van der Waals surface area contributed by atoms with E-state index in [1.54, 1.807) is 6.20 Å². The zero-order valence-electron chi connectivity index (χ0n) is 15.1. The minimum absolute atomic E-state index is 0.223. The van der Waals surface area contributed by atoms with E-state index < -0.39 is 0 Å². The Labute approximate surface area is 157 Å². The van der Waals surface area contributed by atoms with Crippen LogP contribution >= 0.6 is 0 Å². The van der Waals surface area contributed by atoms with Crippen LogP contribution in [0.3, 0.4) is 0 Å². The van der Waals surface area contributed by atoms with Crippen molar-refractivity contribution in [1.29, 1.82) is 0 Å². The van der Waals surface area contributed by atoms with Crippen molar-refractivity contribution in [3.8, 4) is 0 Å². The van der Waals surface area contributed by atoms with E-state index >= 15 is 0 Å². The number of fused-ring (bicyclic) bond motifs is 1. The molecule has 0 saturated carbocycles. The summed E-state index contributed by atoms with van der Waals surface area (Å²) >= 11 is 0. The normalized spacial score (nSPS) is 14.4. The molecule has 0 bridgehead atoms. The van der Waals surface area contributed by atoms with Gasteiger partial charge in [0.25, 0.3) is 0 Å². The van der Waals surface area contributed by atoms with Gasteiger partial charge in [0, 0.05) is 48.8 Å². The van der Waals surface area contributed by atoms with Crippen LogP contribution in [0.1, 0.15) is 10.4 Å². The second-order valence-corrected chi connectivity index (χ2v) is 6.48. The molecule has 0 unspecified atom stereocenters. The number of nitrogens with zero attached hydrogens (tertiary/aromatic N) is 3. The summed E-state index contributed by atoms with van der Waals surface area (Å²) in [4.78, 5) is 21.1. The summed E-state index contributed by atoms with van der Waals surface area (Å²) < 4.78 is 18.0. The van der Waals surface area contributed by atoms with E-state index in [1.807, 2.05) is 36.4 Å². The molecule has 0 atom stereocenters. The first-order chi connectivity index (χ1) is 13.2. The monoisotopic (exact) mass is 365 g/mol. The van der Waals surface area contributed by atoms with Gasteiger partial charge >= 0.3 is 5.97 Å². The number of benzene rings is 2. The number of carbonyl (C=O) groups is 1. The van der Waals surface area contributed by atoms with Gasteiger partial charge in [0.05, 0.1) is 12.7 Å². The Morgan fingerprint density at radius 1 is 0.963 bits per heavy atom. The molecule has 138 valence electrons. The predicted molar refractivity (Wildman–Crippen MR) is 104 cm³/mol. The quantitative estimate of drug-likeness (QED) is 0.665. The Morgan fingerprint density at radius 3 is 2.26 bits per heavy atom. The zero-order chi connectivity index (χ0) is 18.8. The van der Waals surface area contributed by atoms with Crippen molar-refractivity contribution in [2.45, 2.75) is 0 Å². The highest BCUT2D eigenvalue weighted by atomic mass is 19.1. The number of carbonyl (C=O) groups excluding carboxylic acids is 1. The van der Waals surface area contributed by atoms with E-state index in [-0.39, 0.29) is 11.8 Å². The Bertz CT molecular complexity index is 967. The molecule has 0 radical (unpaired) electrons. The molecule has 0 N–H and O–H groups in total. The van der Waals surface area contributed by atoms with E-state index in [0.717, 1.165) is 48.5 Å². The van der Waals surface area contributed by atoms with Gasteiger partial charge in [0.15, 0.2) is 0 Å². The van der Waals surface area contributed by atoms with Gasteiger partial charge in [-0.3, -0.25) is 0 Å². The van der Waals surface area contributed by atoms with E-state index in [2.05, 4.69) is 14.8 Å². The SMILES string of the molecule is COC(=O)c1cnc(N2CCN(c3ccc(F)cc3)CC2)c2ccccc12. The highest BCUT2D eigenvalue weighted by Gasteiger charge is 2.22. The standard InChI is InChI=1S/C21H20FN3O2/c1-27-21(26)19-14-23-20(18-5-3-2-4-17(18)19)25-12-10-24(11-13-25)16-8-6-15(22)7-9-16/h2-9,14H,10-13H2,1H3. The Balaban J connectivity index is 1.59. The lowest BCUT2D eigenvalue weighted by molar-refractivity contribution is 0.0602. The first-order valence-electron chi connectivity index (χ1n) is 8.89. The van der Waals surface area contributed by atoms with Gasteiger partial charge in [-0.1, -0.05) is 24.3 Å². The number of aromatic nitrogens is 1. The highest BCUT2D eigenvalue weighted by Crippen LogP contribution is 2.29. The van der Waals surface area contributed by atoms with E-state index in [4.69, 9.17) is 4.74 Å². The third kappa shape index (κ3) is 3.30. The smallest absolute Gasteiger partial charge is 0.340 e. The number of halogens is 1.